The second-order valence-corrected chi connectivity index (χ2v) is 5.72. The molecular formula is C18H23ClIN3O. The van der Waals surface area contributed by atoms with E-state index in [1.807, 2.05) is 43.3 Å². The molecule has 0 aromatic heterocycles. The van der Waals surface area contributed by atoms with Crippen LogP contribution in [0.15, 0.2) is 53.5 Å². The van der Waals surface area contributed by atoms with Gasteiger partial charge in [-0.1, -0.05) is 35.9 Å². The lowest BCUT2D eigenvalue weighted by atomic mass is 10.1. The molecule has 0 aliphatic rings. The van der Waals surface area contributed by atoms with Crippen molar-refractivity contribution in [3.8, 4) is 5.75 Å². The van der Waals surface area contributed by atoms with E-state index in [0.29, 0.717) is 6.54 Å². The molecule has 2 aromatic rings. The van der Waals surface area contributed by atoms with Gasteiger partial charge in [-0.05, 0) is 49.2 Å². The minimum Gasteiger partial charge on any atom is -0.508 e. The van der Waals surface area contributed by atoms with E-state index in [2.05, 4.69) is 22.5 Å². The Morgan fingerprint density at radius 2 is 1.92 bits per heavy atom. The number of aliphatic imine (C=N–C) groups is 1. The van der Waals surface area contributed by atoms with Crippen molar-refractivity contribution < 1.29 is 5.11 Å². The molecule has 4 nitrogen and oxygen atoms in total. The number of phenolic OH excluding ortho intramolecular Hbond substituents is 1. The third-order valence-electron chi connectivity index (χ3n) is 3.40. The van der Waals surface area contributed by atoms with Gasteiger partial charge >= 0.3 is 0 Å². The molecule has 0 aliphatic carbocycles. The molecule has 0 saturated heterocycles. The number of guanidine groups is 1. The van der Waals surface area contributed by atoms with E-state index in [1.165, 1.54) is 0 Å². The van der Waals surface area contributed by atoms with Gasteiger partial charge in [0.2, 0.25) is 0 Å². The van der Waals surface area contributed by atoms with Crippen molar-refractivity contribution in [2.24, 2.45) is 4.99 Å². The summed E-state index contributed by atoms with van der Waals surface area (Å²) >= 11 is 5.93. The first-order valence-electron chi connectivity index (χ1n) is 7.66. The van der Waals surface area contributed by atoms with Crippen molar-refractivity contribution in [2.75, 3.05) is 6.54 Å². The van der Waals surface area contributed by atoms with E-state index >= 15 is 0 Å². The van der Waals surface area contributed by atoms with E-state index < -0.39 is 0 Å². The largest absolute Gasteiger partial charge is 0.508 e. The highest BCUT2D eigenvalue weighted by molar-refractivity contribution is 14.0. The highest BCUT2D eigenvalue weighted by atomic mass is 127. The quantitative estimate of drug-likeness (QED) is 0.351. The van der Waals surface area contributed by atoms with Gasteiger partial charge in [0, 0.05) is 11.6 Å². The second kappa shape index (κ2) is 10.4. The number of rotatable bonds is 5. The van der Waals surface area contributed by atoms with E-state index in [4.69, 9.17) is 11.6 Å². The molecule has 0 heterocycles. The zero-order chi connectivity index (χ0) is 16.7. The first-order chi connectivity index (χ1) is 11.1. The molecule has 1 atom stereocenters. The van der Waals surface area contributed by atoms with E-state index in [-0.39, 0.29) is 35.8 Å². The van der Waals surface area contributed by atoms with Crippen LogP contribution in [-0.2, 0) is 6.54 Å². The third kappa shape index (κ3) is 6.57. The predicted molar refractivity (Wildman–Crippen MR) is 111 cm³/mol. The SMILES string of the molecule is CCNC(=NCc1cccc(O)c1)NC(C)c1ccc(Cl)cc1.I. The lowest BCUT2D eigenvalue weighted by Gasteiger charge is -2.18. The summed E-state index contributed by atoms with van der Waals surface area (Å²) in [5.41, 5.74) is 2.10. The number of phenols is 1. The molecule has 3 N–H and O–H groups in total. The van der Waals surface area contributed by atoms with E-state index in [0.717, 1.165) is 28.7 Å². The lowest BCUT2D eigenvalue weighted by molar-refractivity contribution is 0.474. The van der Waals surface area contributed by atoms with Crippen molar-refractivity contribution in [3.63, 3.8) is 0 Å². The molecule has 0 amide bonds. The minimum atomic E-state index is 0. The Balaban J connectivity index is 0.00000288. The smallest absolute Gasteiger partial charge is 0.192 e. The number of nitrogens with one attached hydrogen (secondary N) is 2. The minimum absolute atomic E-state index is 0. The Labute approximate surface area is 165 Å². The topological polar surface area (TPSA) is 56.7 Å². The van der Waals surface area contributed by atoms with Gasteiger partial charge in [-0.15, -0.1) is 24.0 Å². The summed E-state index contributed by atoms with van der Waals surface area (Å²) in [6.45, 7) is 5.37. The lowest BCUT2D eigenvalue weighted by Crippen LogP contribution is -2.38. The molecule has 0 spiro atoms. The summed E-state index contributed by atoms with van der Waals surface area (Å²) in [7, 11) is 0. The highest BCUT2D eigenvalue weighted by Gasteiger charge is 2.07. The van der Waals surface area contributed by atoms with Crippen LogP contribution in [0.4, 0.5) is 0 Å². The van der Waals surface area contributed by atoms with Gasteiger partial charge in [-0.25, -0.2) is 4.99 Å². The molecule has 24 heavy (non-hydrogen) atoms. The van der Waals surface area contributed by atoms with Crippen LogP contribution in [0.1, 0.15) is 31.0 Å². The van der Waals surface area contributed by atoms with Crippen LogP contribution < -0.4 is 10.6 Å². The number of hydrogen-bond acceptors (Lipinski definition) is 2. The first-order valence-corrected chi connectivity index (χ1v) is 8.04. The van der Waals surface area contributed by atoms with Gasteiger partial charge in [0.25, 0.3) is 0 Å². The van der Waals surface area contributed by atoms with Crippen LogP contribution in [0, 0.1) is 0 Å². The Kier molecular flexibility index (Phi) is 8.92. The molecule has 6 heteroatoms. The zero-order valence-electron chi connectivity index (χ0n) is 13.8. The number of aromatic hydroxyl groups is 1. The molecule has 0 radical (unpaired) electrons. The Hall–Kier alpha value is -1.47. The fourth-order valence-electron chi connectivity index (χ4n) is 2.19. The third-order valence-corrected chi connectivity index (χ3v) is 3.65. The first kappa shape index (κ1) is 20.6. The molecule has 2 rings (SSSR count). The average molecular weight is 460 g/mol. The summed E-state index contributed by atoms with van der Waals surface area (Å²) in [5.74, 6) is 0.989. The van der Waals surface area contributed by atoms with Crippen LogP contribution in [0.3, 0.4) is 0 Å². The Morgan fingerprint density at radius 1 is 1.21 bits per heavy atom. The van der Waals surface area contributed by atoms with Crippen molar-refractivity contribution in [3.05, 3.63) is 64.7 Å². The number of halogens is 2. The summed E-state index contributed by atoms with van der Waals surface area (Å²) in [6, 6.07) is 15.0. The number of hydrogen-bond donors (Lipinski definition) is 3. The summed E-state index contributed by atoms with van der Waals surface area (Å²) in [5, 5.41) is 16.8. The van der Waals surface area contributed by atoms with Crippen LogP contribution in [0.25, 0.3) is 0 Å². The molecule has 2 aromatic carbocycles. The van der Waals surface area contributed by atoms with Crippen molar-refractivity contribution in [2.45, 2.75) is 26.4 Å². The van der Waals surface area contributed by atoms with Gasteiger partial charge in [0.05, 0.1) is 12.6 Å². The molecule has 0 fully saturated rings. The van der Waals surface area contributed by atoms with Gasteiger partial charge in [0.1, 0.15) is 5.75 Å². The molecule has 130 valence electrons. The van der Waals surface area contributed by atoms with Crippen LogP contribution in [-0.4, -0.2) is 17.6 Å². The van der Waals surface area contributed by atoms with Gasteiger partial charge < -0.3 is 15.7 Å². The average Bonchev–Trinajstić information content (AvgIpc) is 2.53. The highest BCUT2D eigenvalue weighted by Crippen LogP contribution is 2.16. The predicted octanol–water partition coefficient (Wildman–Crippen LogP) is 4.48. The van der Waals surface area contributed by atoms with Crippen LogP contribution in [0.5, 0.6) is 5.75 Å². The summed E-state index contributed by atoms with van der Waals surface area (Å²) < 4.78 is 0. The molecular weight excluding hydrogens is 437 g/mol. The summed E-state index contributed by atoms with van der Waals surface area (Å²) in [4.78, 5) is 4.57. The fraction of sp³-hybridized carbons (Fsp3) is 0.278. The fourth-order valence-corrected chi connectivity index (χ4v) is 2.31. The zero-order valence-corrected chi connectivity index (χ0v) is 16.9. The van der Waals surface area contributed by atoms with Crippen molar-refractivity contribution >= 4 is 41.5 Å². The van der Waals surface area contributed by atoms with Gasteiger partial charge in [-0.2, -0.15) is 0 Å². The van der Waals surface area contributed by atoms with E-state index in [1.54, 1.807) is 12.1 Å². The molecule has 0 saturated carbocycles. The van der Waals surface area contributed by atoms with Gasteiger partial charge in [-0.3, -0.25) is 0 Å². The van der Waals surface area contributed by atoms with E-state index in [9.17, 15) is 5.11 Å². The number of benzene rings is 2. The summed E-state index contributed by atoms with van der Waals surface area (Å²) in [6.07, 6.45) is 0. The standard InChI is InChI=1S/C18H22ClN3O.HI/c1-3-20-18(21-12-14-5-4-6-17(23)11-14)22-13(2)15-7-9-16(19)10-8-15;/h4-11,13,23H,3,12H2,1-2H3,(H2,20,21,22);1H. The van der Waals surface area contributed by atoms with Crippen molar-refractivity contribution in [1.29, 1.82) is 0 Å². The normalized spacial score (nSPS) is 12.2. The maximum Gasteiger partial charge on any atom is 0.192 e. The second-order valence-electron chi connectivity index (χ2n) is 5.28. The maximum atomic E-state index is 9.51. The number of nitrogens with zero attached hydrogens (tertiary/aromatic N) is 1. The van der Waals surface area contributed by atoms with Crippen LogP contribution >= 0.6 is 35.6 Å². The molecule has 0 bridgehead atoms. The van der Waals surface area contributed by atoms with Crippen LogP contribution in [0.2, 0.25) is 5.02 Å². The Morgan fingerprint density at radius 3 is 2.54 bits per heavy atom. The Bertz CT molecular complexity index is 662. The molecule has 0 aliphatic heterocycles. The molecule has 1 unspecified atom stereocenters. The monoisotopic (exact) mass is 459 g/mol. The maximum absolute atomic E-state index is 9.51. The van der Waals surface area contributed by atoms with Crippen molar-refractivity contribution in [1.82, 2.24) is 10.6 Å². The van der Waals surface area contributed by atoms with Gasteiger partial charge in [0.15, 0.2) is 5.96 Å².